The number of hydrogen-bond donors (Lipinski definition) is 1. The summed E-state index contributed by atoms with van der Waals surface area (Å²) in [5.41, 5.74) is 1.29. The molecule has 1 aromatic rings. The summed E-state index contributed by atoms with van der Waals surface area (Å²) >= 11 is 0. The molecule has 4 bridgehead atoms. The first-order chi connectivity index (χ1) is 12.2. The van der Waals surface area contributed by atoms with Crippen LogP contribution in [0.25, 0.3) is 0 Å². The molecule has 3 heteroatoms. The monoisotopic (exact) mass is 339 g/mol. The average Bonchev–Trinajstić information content (AvgIpc) is 2.59. The summed E-state index contributed by atoms with van der Waals surface area (Å²) in [5, 5.41) is 3.21. The van der Waals surface area contributed by atoms with E-state index in [9.17, 15) is 4.79 Å². The molecule has 1 amide bonds. The van der Waals surface area contributed by atoms with Crippen molar-refractivity contribution >= 4 is 6.09 Å². The molecule has 0 aliphatic heterocycles. The Balaban J connectivity index is 1.41. The number of carbonyl (C=O) groups excluding carboxylic acids is 1. The van der Waals surface area contributed by atoms with Gasteiger partial charge in [0.25, 0.3) is 0 Å². The maximum atomic E-state index is 12.4. The van der Waals surface area contributed by atoms with Gasteiger partial charge in [0.15, 0.2) is 0 Å². The molecule has 1 aromatic carbocycles. The predicted molar refractivity (Wildman–Crippen MR) is 99.0 cm³/mol. The third kappa shape index (κ3) is 3.47. The van der Waals surface area contributed by atoms with E-state index in [0.717, 1.165) is 29.7 Å². The normalized spacial score (nSPS) is 33.7. The number of nitrogens with one attached hydrogen (secondary N) is 1. The van der Waals surface area contributed by atoms with Gasteiger partial charge in [-0.1, -0.05) is 36.4 Å². The lowest BCUT2D eigenvalue weighted by Crippen LogP contribution is -2.56. The van der Waals surface area contributed by atoms with Gasteiger partial charge in [-0.2, -0.15) is 0 Å². The van der Waals surface area contributed by atoms with E-state index in [2.05, 4.69) is 11.9 Å². The Morgan fingerprint density at radius 3 is 2.32 bits per heavy atom. The van der Waals surface area contributed by atoms with Gasteiger partial charge in [-0.05, 0) is 73.7 Å². The van der Waals surface area contributed by atoms with E-state index in [1.54, 1.807) is 0 Å². The Morgan fingerprint density at radius 2 is 1.76 bits per heavy atom. The summed E-state index contributed by atoms with van der Waals surface area (Å²) in [4.78, 5) is 12.4. The van der Waals surface area contributed by atoms with Crippen molar-refractivity contribution in [1.29, 1.82) is 0 Å². The summed E-state index contributed by atoms with van der Waals surface area (Å²) in [6.45, 7) is 4.26. The first kappa shape index (κ1) is 16.7. The first-order valence-corrected chi connectivity index (χ1v) is 9.75. The van der Waals surface area contributed by atoms with Crippen molar-refractivity contribution < 1.29 is 9.53 Å². The molecule has 25 heavy (non-hydrogen) atoms. The zero-order valence-electron chi connectivity index (χ0n) is 15.0. The minimum Gasteiger partial charge on any atom is -0.445 e. The number of hydrogen-bond acceptors (Lipinski definition) is 2. The van der Waals surface area contributed by atoms with Gasteiger partial charge in [0.1, 0.15) is 6.61 Å². The maximum absolute atomic E-state index is 12.4. The highest BCUT2D eigenvalue weighted by Crippen LogP contribution is 2.61. The molecule has 0 radical (unpaired) electrons. The highest BCUT2D eigenvalue weighted by Gasteiger charge is 2.54. The molecular weight excluding hydrogens is 310 g/mol. The quantitative estimate of drug-likeness (QED) is 0.735. The molecule has 0 aromatic heterocycles. The van der Waals surface area contributed by atoms with Gasteiger partial charge in [0.2, 0.25) is 0 Å². The summed E-state index contributed by atoms with van der Waals surface area (Å²) < 4.78 is 5.48. The van der Waals surface area contributed by atoms with E-state index >= 15 is 0 Å². The van der Waals surface area contributed by atoms with E-state index in [1.165, 1.54) is 38.5 Å². The molecule has 134 valence electrons. The molecule has 1 N–H and O–H groups in total. The van der Waals surface area contributed by atoms with E-state index in [-0.39, 0.29) is 17.6 Å². The molecule has 4 aliphatic rings. The lowest BCUT2D eigenvalue weighted by molar-refractivity contribution is -0.0725. The van der Waals surface area contributed by atoms with Crippen LogP contribution in [0.5, 0.6) is 0 Å². The third-order valence-corrected chi connectivity index (χ3v) is 6.73. The Kier molecular flexibility index (Phi) is 4.58. The van der Waals surface area contributed by atoms with E-state index < -0.39 is 0 Å². The van der Waals surface area contributed by atoms with Crippen LogP contribution in [0.4, 0.5) is 4.79 Å². The Hall–Kier alpha value is -1.77. The van der Waals surface area contributed by atoms with E-state index in [1.807, 2.05) is 36.4 Å². The van der Waals surface area contributed by atoms with Gasteiger partial charge in [0, 0.05) is 6.04 Å². The van der Waals surface area contributed by atoms with Gasteiger partial charge in [-0.25, -0.2) is 4.79 Å². The van der Waals surface area contributed by atoms with Crippen LogP contribution in [0, 0.1) is 23.2 Å². The second kappa shape index (κ2) is 6.86. The van der Waals surface area contributed by atoms with Crippen molar-refractivity contribution in [2.45, 2.75) is 57.6 Å². The molecule has 0 saturated heterocycles. The molecule has 3 nitrogen and oxygen atoms in total. The molecule has 1 unspecified atom stereocenters. The Morgan fingerprint density at radius 1 is 1.16 bits per heavy atom. The highest BCUT2D eigenvalue weighted by atomic mass is 16.5. The second-order valence-corrected chi connectivity index (χ2v) is 8.56. The van der Waals surface area contributed by atoms with Crippen LogP contribution in [-0.2, 0) is 11.3 Å². The summed E-state index contributed by atoms with van der Waals surface area (Å²) in [6.07, 6.45) is 10.6. The summed E-state index contributed by atoms with van der Waals surface area (Å²) in [7, 11) is 0. The fourth-order valence-electron chi connectivity index (χ4n) is 6.14. The first-order valence-electron chi connectivity index (χ1n) is 9.75. The predicted octanol–water partition coefficient (Wildman–Crippen LogP) is 5.07. The van der Waals surface area contributed by atoms with Crippen molar-refractivity contribution in [1.82, 2.24) is 5.32 Å². The van der Waals surface area contributed by atoms with Gasteiger partial charge in [0.05, 0.1) is 0 Å². The number of ether oxygens (including phenoxy) is 1. The minimum atomic E-state index is -0.286. The van der Waals surface area contributed by atoms with Crippen LogP contribution in [0.3, 0.4) is 0 Å². The largest absolute Gasteiger partial charge is 0.445 e. The van der Waals surface area contributed by atoms with Gasteiger partial charge in [-0.3, -0.25) is 0 Å². The van der Waals surface area contributed by atoms with Crippen molar-refractivity contribution in [3.63, 3.8) is 0 Å². The second-order valence-electron chi connectivity index (χ2n) is 8.56. The Labute approximate surface area is 150 Å². The van der Waals surface area contributed by atoms with Crippen molar-refractivity contribution in [2.24, 2.45) is 23.2 Å². The lowest BCUT2D eigenvalue weighted by Gasteiger charge is -2.59. The van der Waals surface area contributed by atoms with Crippen molar-refractivity contribution in [3.05, 3.63) is 48.6 Å². The van der Waals surface area contributed by atoms with Crippen LogP contribution in [0.15, 0.2) is 43.0 Å². The van der Waals surface area contributed by atoms with Gasteiger partial charge < -0.3 is 10.1 Å². The van der Waals surface area contributed by atoms with Crippen LogP contribution >= 0.6 is 0 Å². The minimum absolute atomic E-state index is 0.168. The molecule has 4 aliphatic carbocycles. The number of amides is 1. The molecule has 0 spiro atoms. The van der Waals surface area contributed by atoms with Crippen molar-refractivity contribution in [2.75, 3.05) is 0 Å². The summed E-state index contributed by atoms with van der Waals surface area (Å²) in [5.74, 6) is 2.63. The molecule has 4 saturated carbocycles. The fourth-order valence-corrected chi connectivity index (χ4v) is 6.14. The fraction of sp³-hybridized carbons (Fsp3) is 0.591. The maximum Gasteiger partial charge on any atom is 0.407 e. The van der Waals surface area contributed by atoms with Crippen LogP contribution < -0.4 is 5.32 Å². The average molecular weight is 339 g/mol. The SMILES string of the molecule is C=CCC(NC(=O)OCc1ccccc1)C12CC3CC(CC(C3)C1)C2. The van der Waals surface area contributed by atoms with Crippen LogP contribution in [-0.4, -0.2) is 12.1 Å². The van der Waals surface area contributed by atoms with Crippen LogP contribution in [0.2, 0.25) is 0 Å². The topological polar surface area (TPSA) is 38.3 Å². The standard InChI is InChI=1S/C22H29NO2/c1-2-6-20(23-21(24)25-15-16-7-4-3-5-8-16)22-12-17-9-18(13-22)11-19(10-17)14-22/h2-5,7-8,17-20H,1,6,9-15H2,(H,23,24). The number of alkyl carbamates (subject to hydrolysis) is 1. The van der Waals surface area contributed by atoms with Gasteiger partial charge in [-0.15, -0.1) is 6.58 Å². The third-order valence-electron chi connectivity index (χ3n) is 6.73. The highest BCUT2D eigenvalue weighted by molar-refractivity contribution is 5.67. The molecule has 4 fully saturated rings. The zero-order valence-corrected chi connectivity index (χ0v) is 15.0. The van der Waals surface area contributed by atoms with E-state index in [0.29, 0.717) is 6.61 Å². The summed E-state index contributed by atoms with van der Waals surface area (Å²) in [6, 6.07) is 10.0. The molecule has 1 atom stereocenters. The van der Waals surface area contributed by atoms with Crippen LogP contribution in [0.1, 0.15) is 50.5 Å². The number of carbonyl (C=O) groups is 1. The van der Waals surface area contributed by atoms with Crippen molar-refractivity contribution in [3.8, 4) is 0 Å². The lowest BCUT2D eigenvalue weighted by atomic mass is 9.47. The van der Waals surface area contributed by atoms with Gasteiger partial charge >= 0.3 is 6.09 Å². The van der Waals surface area contributed by atoms with E-state index in [4.69, 9.17) is 4.74 Å². The Bertz CT molecular complexity index is 589. The number of benzene rings is 1. The molecular formula is C22H29NO2. The smallest absolute Gasteiger partial charge is 0.407 e. The zero-order chi connectivity index (χ0) is 17.3. The molecule has 0 heterocycles. The number of rotatable bonds is 6. The molecule has 5 rings (SSSR count).